The Morgan fingerprint density at radius 2 is 1.93 bits per heavy atom. The molecule has 0 saturated heterocycles. The van der Waals surface area contributed by atoms with Gasteiger partial charge in [0, 0.05) is 12.3 Å². The zero-order valence-electron chi connectivity index (χ0n) is 10.4. The van der Waals surface area contributed by atoms with E-state index in [1.807, 2.05) is 0 Å². The molecule has 3 atom stereocenters. The van der Waals surface area contributed by atoms with Crippen LogP contribution in [-0.4, -0.2) is 5.78 Å². The minimum absolute atomic E-state index is 0.313. The third kappa shape index (κ3) is 2.62. The van der Waals surface area contributed by atoms with Crippen molar-refractivity contribution in [3.8, 4) is 0 Å². The molecule has 2 aliphatic rings. The smallest absolute Gasteiger partial charge is 0.136 e. The fourth-order valence-corrected chi connectivity index (χ4v) is 3.32. The summed E-state index contributed by atoms with van der Waals surface area (Å²) in [7, 11) is 0. The third-order valence-corrected chi connectivity index (χ3v) is 4.27. The third-order valence-electron chi connectivity index (χ3n) is 4.27. The quantitative estimate of drug-likeness (QED) is 0.689. The van der Waals surface area contributed by atoms with Gasteiger partial charge in [-0.1, -0.05) is 27.2 Å². The van der Waals surface area contributed by atoms with Crippen molar-refractivity contribution in [1.29, 1.82) is 0 Å². The molecule has 0 aromatic heterocycles. The molecular formula is C14H24O. The number of ketones is 1. The topological polar surface area (TPSA) is 17.1 Å². The van der Waals surface area contributed by atoms with Crippen molar-refractivity contribution in [2.24, 2.45) is 23.2 Å². The molecule has 0 spiro atoms. The van der Waals surface area contributed by atoms with Crippen LogP contribution in [0.1, 0.15) is 59.3 Å². The van der Waals surface area contributed by atoms with Crippen LogP contribution in [0.4, 0.5) is 0 Å². The summed E-state index contributed by atoms with van der Waals surface area (Å²) < 4.78 is 0. The predicted molar refractivity (Wildman–Crippen MR) is 62.6 cm³/mol. The molecule has 2 aliphatic carbocycles. The summed E-state index contributed by atoms with van der Waals surface area (Å²) >= 11 is 0. The van der Waals surface area contributed by atoms with Gasteiger partial charge in [-0.2, -0.15) is 0 Å². The molecule has 2 bridgehead atoms. The second-order valence-electron chi connectivity index (χ2n) is 6.81. The number of hydrogen-bond donors (Lipinski definition) is 0. The molecule has 0 N–H and O–H groups in total. The van der Waals surface area contributed by atoms with E-state index in [1.54, 1.807) is 0 Å². The molecule has 0 aliphatic heterocycles. The van der Waals surface area contributed by atoms with Crippen molar-refractivity contribution >= 4 is 5.78 Å². The minimum Gasteiger partial charge on any atom is -0.299 e. The Morgan fingerprint density at radius 3 is 2.40 bits per heavy atom. The van der Waals surface area contributed by atoms with E-state index < -0.39 is 0 Å². The molecule has 15 heavy (non-hydrogen) atoms. The van der Waals surface area contributed by atoms with Crippen molar-refractivity contribution < 1.29 is 4.79 Å². The van der Waals surface area contributed by atoms with Crippen LogP contribution >= 0.6 is 0 Å². The van der Waals surface area contributed by atoms with Crippen LogP contribution in [0.5, 0.6) is 0 Å². The Balaban J connectivity index is 1.82. The molecular weight excluding hydrogens is 184 g/mol. The van der Waals surface area contributed by atoms with Crippen LogP contribution in [-0.2, 0) is 4.79 Å². The average Bonchev–Trinajstić information content (AvgIpc) is 2.73. The van der Waals surface area contributed by atoms with Crippen LogP contribution in [0.25, 0.3) is 0 Å². The normalized spacial score (nSPS) is 34.7. The van der Waals surface area contributed by atoms with E-state index in [4.69, 9.17) is 0 Å². The lowest BCUT2D eigenvalue weighted by atomic mass is 9.81. The van der Waals surface area contributed by atoms with E-state index in [9.17, 15) is 4.79 Å². The first-order valence-corrected chi connectivity index (χ1v) is 6.48. The fourth-order valence-electron chi connectivity index (χ4n) is 3.32. The molecule has 86 valence electrons. The van der Waals surface area contributed by atoms with Gasteiger partial charge in [-0.25, -0.2) is 0 Å². The van der Waals surface area contributed by atoms with Gasteiger partial charge in [0.2, 0.25) is 0 Å². The second kappa shape index (κ2) is 3.92. The fraction of sp³-hybridized carbons (Fsp3) is 0.929. The molecule has 0 radical (unpaired) electrons. The Hall–Kier alpha value is -0.330. The van der Waals surface area contributed by atoms with Gasteiger partial charge in [0.1, 0.15) is 5.78 Å². The summed E-state index contributed by atoms with van der Waals surface area (Å²) in [5.74, 6) is 2.68. The highest BCUT2D eigenvalue weighted by molar-refractivity contribution is 5.81. The van der Waals surface area contributed by atoms with Gasteiger partial charge in [0.25, 0.3) is 0 Å². The molecule has 1 heteroatoms. The van der Waals surface area contributed by atoms with E-state index in [2.05, 4.69) is 20.8 Å². The second-order valence-corrected chi connectivity index (χ2v) is 6.81. The first-order chi connectivity index (χ1) is 6.96. The van der Waals surface area contributed by atoms with Crippen molar-refractivity contribution in [3.05, 3.63) is 0 Å². The lowest BCUT2D eigenvalue weighted by Crippen LogP contribution is -2.22. The maximum absolute atomic E-state index is 12.1. The predicted octanol–water partition coefficient (Wildman–Crippen LogP) is 3.82. The largest absolute Gasteiger partial charge is 0.299 e. The number of carbonyl (C=O) groups excluding carboxylic acids is 1. The molecule has 2 fully saturated rings. The van der Waals surface area contributed by atoms with E-state index in [0.29, 0.717) is 17.1 Å². The number of Topliss-reactive ketones (excluding diaryl/α,β-unsaturated/α-hetero) is 1. The van der Waals surface area contributed by atoms with Crippen LogP contribution in [0, 0.1) is 23.2 Å². The van der Waals surface area contributed by atoms with E-state index in [1.165, 1.54) is 25.7 Å². The van der Waals surface area contributed by atoms with Gasteiger partial charge >= 0.3 is 0 Å². The summed E-state index contributed by atoms with van der Waals surface area (Å²) in [4.78, 5) is 12.1. The van der Waals surface area contributed by atoms with Crippen LogP contribution < -0.4 is 0 Å². The lowest BCUT2D eigenvalue weighted by molar-refractivity contribution is -0.124. The number of carbonyl (C=O) groups is 1. The molecule has 3 unspecified atom stereocenters. The first-order valence-electron chi connectivity index (χ1n) is 6.48. The highest BCUT2D eigenvalue weighted by atomic mass is 16.1. The van der Waals surface area contributed by atoms with Crippen molar-refractivity contribution in [1.82, 2.24) is 0 Å². The van der Waals surface area contributed by atoms with Gasteiger partial charge in [0.15, 0.2) is 0 Å². The lowest BCUT2D eigenvalue weighted by Gasteiger charge is -2.23. The Morgan fingerprint density at radius 1 is 1.20 bits per heavy atom. The zero-order chi connectivity index (χ0) is 11.1. The molecule has 0 heterocycles. The van der Waals surface area contributed by atoms with E-state index >= 15 is 0 Å². The minimum atomic E-state index is 0.313. The molecule has 0 aromatic carbocycles. The van der Waals surface area contributed by atoms with Crippen molar-refractivity contribution in [2.45, 2.75) is 59.3 Å². The van der Waals surface area contributed by atoms with Crippen molar-refractivity contribution in [2.75, 3.05) is 0 Å². The summed E-state index contributed by atoms with van der Waals surface area (Å²) in [6, 6.07) is 0. The molecule has 2 saturated carbocycles. The van der Waals surface area contributed by atoms with E-state index in [0.717, 1.165) is 24.7 Å². The van der Waals surface area contributed by atoms with Gasteiger partial charge in [-0.15, -0.1) is 0 Å². The molecule has 0 amide bonds. The maximum Gasteiger partial charge on any atom is 0.136 e. The Labute approximate surface area is 93.6 Å². The van der Waals surface area contributed by atoms with Crippen LogP contribution in [0.2, 0.25) is 0 Å². The summed E-state index contributed by atoms with van der Waals surface area (Å²) in [5.41, 5.74) is 0.313. The standard InChI is InChI=1S/C14H24O/c1-14(2,3)7-6-13(15)12-9-10-4-5-11(12)8-10/h10-12H,4-9H2,1-3H3. The number of fused-ring (bicyclic) bond motifs is 2. The summed E-state index contributed by atoms with van der Waals surface area (Å²) in [6.45, 7) is 6.67. The Bertz CT molecular complexity index is 249. The highest BCUT2D eigenvalue weighted by Crippen LogP contribution is 2.49. The summed E-state index contributed by atoms with van der Waals surface area (Å²) in [6.07, 6.45) is 7.17. The van der Waals surface area contributed by atoms with Gasteiger partial charge < -0.3 is 0 Å². The Kier molecular flexibility index (Phi) is 2.92. The van der Waals surface area contributed by atoms with Crippen molar-refractivity contribution in [3.63, 3.8) is 0 Å². The maximum atomic E-state index is 12.1. The van der Waals surface area contributed by atoms with E-state index in [-0.39, 0.29) is 0 Å². The highest BCUT2D eigenvalue weighted by Gasteiger charge is 2.42. The molecule has 2 rings (SSSR count). The summed E-state index contributed by atoms with van der Waals surface area (Å²) in [5, 5.41) is 0. The monoisotopic (exact) mass is 208 g/mol. The van der Waals surface area contributed by atoms with Gasteiger partial charge in [0.05, 0.1) is 0 Å². The van der Waals surface area contributed by atoms with Crippen LogP contribution in [0.15, 0.2) is 0 Å². The SMILES string of the molecule is CC(C)(C)CCC(=O)C1CC2CCC1C2. The van der Waals surface area contributed by atoms with Crippen LogP contribution in [0.3, 0.4) is 0 Å². The average molecular weight is 208 g/mol. The van der Waals surface area contributed by atoms with Gasteiger partial charge in [-0.05, 0) is 42.9 Å². The first kappa shape index (κ1) is 11.2. The molecule has 0 aromatic rings. The number of rotatable bonds is 3. The van der Waals surface area contributed by atoms with Gasteiger partial charge in [-0.3, -0.25) is 4.79 Å². The zero-order valence-corrected chi connectivity index (χ0v) is 10.4. The molecule has 1 nitrogen and oxygen atoms in total. The number of hydrogen-bond acceptors (Lipinski definition) is 1.